The van der Waals surface area contributed by atoms with Crippen molar-refractivity contribution in [2.75, 3.05) is 13.2 Å². The van der Waals surface area contributed by atoms with Crippen LogP contribution in [0.1, 0.15) is 13.8 Å². The van der Waals surface area contributed by atoms with Gasteiger partial charge in [-0.25, -0.2) is 9.59 Å². The third kappa shape index (κ3) is 7.37. The second kappa shape index (κ2) is 11.7. The van der Waals surface area contributed by atoms with Crippen molar-refractivity contribution in [2.45, 2.75) is 13.8 Å². The maximum Gasteiger partial charge on any atom is 1.00 e. The summed E-state index contributed by atoms with van der Waals surface area (Å²) in [6.07, 6.45) is 1.27. The van der Waals surface area contributed by atoms with Crippen LogP contribution in [0.3, 0.4) is 0 Å². The molecule has 0 bridgehead atoms. The Labute approximate surface area is 182 Å². The van der Waals surface area contributed by atoms with Crippen molar-refractivity contribution in [1.29, 1.82) is 0 Å². The largest absolute Gasteiger partial charge is 1.00 e. The summed E-state index contributed by atoms with van der Waals surface area (Å²) < 4.78 is 9.01. The number of dihydropyridines is 1. The molecule has 24 heavy (non-hydrogen) atoms. The Morgan fingerprint density at radius 2 is 1.50 bits per heavy atom. The number of esters is 2. The fraction of sp³-hybridized carbons (Fsp3) is 0.385. The van der Waals surface area contributed by atoms with E-state index < -0.39 is 43.0 Å². The molecular formula is C13H13NNa2O8. The first kappa shape index (κ1) is 25.4. The molecule has 0 aromatic rings. The fourth-order valence-corrected chi connectivity index (χ4v) is 1.84. The number of carbonyl (C=O) groups is 4. The summed E-state index contributed by atoms with van der Waals surface area (Å²) >= 11 is 0. The number of hydrogen-bond acceptors (Lipinski definition) is 9. The molecule has 1 aliphatic heterocycles. The average molecular weight is 357 g/mol. The van der Waals surface area contributed by atoms with E-state index in [1.807, 2.05) is 0 Å². The molecule has 0 amide bonds. The van der Waals surface area contributed by atoms with Gasteiger partial charge in [0.2, 0.25) is 0 Å². The number of ether oxygens (including phenoxy) is 2. The van der Waals surface area contributed by atoms with E-state index in [-0.39, 0.29) is 70.3 Å². The zero-order valence-electron chi connectivity index (χ0n) is 13.8. The fourth-order valence-electron chi connectivity index (χ4n) is 1.84. The van der Waals surface area contributed by atoms with Gasteiger partial charge < -0.3 is 34.6 Å². The summed E-state index contributed by atoms with van der Waals surface area (Å²) in [4.78, 5) is 44.2. The molecule has 1 unspecified atom stereocenters. The molecule has 0 radical (unpaired) electrons. The van der Waals surface area contributed by atoms with Crippen molar-refractivity contribution in [2.24, 2.45) is 5.92 Å². The van der Waals surface area contributed by atoms with E-state index in [4.69, 9.17) is 0 Å². The van der Waals surface area contributed by atoms with Crippen LogP contribution in [0, 0.1) is 5.92 Å². The molecule has 0 saturated carbocycles. The van der Waals surface area contributed by atoms with E-state index >= 15 is 0 Å². The minimum Gasteiger partial charge on any atom is -0.546 e. The summed E-state index contributed by atoms with van der Waals surface area (Å²) in [5.74, 6) is -5.77. The topological polar surface area (TPSA) is 145 Å². The van der Waals surface area contributed by atoms with Crippen molar-refractivity contribution < 1.29 is 98.0 Å². The van der Waals surface area contributed by atoms with Crippen LogP contribution in [0.5, 0.6) is 0 Å². The van der Waals surface area contributed by atoms with Crippen LogP contribution in [0.4, 0.5) is 0 Å². The first-order chi connectivity index (χ1) is 10.2. The summed E-state index contributed by atoms with van der Waals surface area (Å²) in [5, 5.41) is 23.2. The Balaban J connectivity index is 0. The van der Waals surface area contributed by atoms with Gasteiger partial charge in [0.05, 0.1) is 23.1 Å². The van der Waals surface area contributed by atoms with Gasteiger partial charge in [0.1, 0.15) is 13.2 Å². The molecule has 0 saturated heterocycles. The zero-order valence-corrected chi connectivity index (χ0v) is 17.8. The molecule has 1 heterocycles. The number of allylic oxidation sites excluding steroid dienone is 1. The van der Waals surface area contributed by atoms with Crippen molar-refractivity contribution in [3.63, 3.8) is 0 Å². The third-order valence-electron chi connectivity index (χ3n) is 2.85. The van der Waals surface area contributed by atoms with Gasteiger partial charge in [0, 0.05) is 17.8 Å². The van der Waals surface area contributed by atoms with Crippen LogP contribution in [0.2, 0.25) is 0 Å². The third-order valence-corrected chi connectivity index (χ3v) is 2.85. The molecule has 1 rings (SSSR count). The van der Waals surface area contributed by atoms with E-state index in [1.165, 1.54) is 20.0 Å². The van der Waals surface area contributed by atoms with E-state index in [9.17, 15) is 29.4 Å². The van der Waals surface area contributed by atoms with Crippen LogP contribution < -0.4 is 74.6 Å². The van der Waals surface area contributed by atoms with Crippen molar-refractivity contribution in [1.82, 2.24) is 5.32 Å². The molecule has 1 aliphatic rings. The predicted octanol–water partition coefficient (Wildman–Crippen LogP) is -9.02. The minimum absolute atomic E-state index is 0. The van der Waals surface area contributed by atoms with Gasteiger partial charge in [-0.05, 0) is 6.92 Å². The van der Waals surface area contributed by atoms with Gasteiger partial charge in [0.25, 0.3) is 0 Å². The van der Waals surface area contributed by atoms with Gasteiger partial charge in [-0.2, -0.15) is 0 Å². The Hall–Kier alpha value is -0.840. The monoisotopic (exact) mass is 357 g/mol. The van der Waals surface area contributed by atoms with Crippen LogP contribution >= 0.6 is 0 Å². The standard InChI is InChI=1S/C13H15NO8.2Na/c1-6-8(12(19)21-4-9(15)16)3-14-7(2)11(6)13(20)22-5-10(17)18;;/h3,6,14H,4-5H2,1-2H3,(H,15,16)(H,17,18);;/q;2*+1/p-2. The molecular weight excluding hydrogens is 344 g/mol. The van der Waals surface area contributed by atoms with Gasteiger partial charge >= 0.3 is 71.1 Å². The maximum atomic E-state index is 11.9. The average Bonchev–Trinajstić information content (AvgIpc) is 2.42. The molecule has 0 aromatic carbocycles. The minimum atomic E-state index is -1.56. The summed E-state index contributed by atoms with van der Waals surface area (Å²) in [5.41, 5.74) is 0.392. The van der Waals surface area contributed by atoms with E-state index in [1.54, 1.807) is 0 Å². The smallest absolute Gasteiger partial charge is 0.546 e. The second-order valence-electron chi connectivity index (χ2n) is 4.40. The van der Waals surface area contributed by atoms with Crippen LogP contribution in [-0.2, 0) is 28.7 Å². The molecule has 1 N–H and O–H groups in total. The number of nitrogens with one attached hydrogen (secondary N) is 1. The van der Waals surface area contributed by atoms with Crippen molar-refractivity contribution in [3.05, 3.63) is 23.0 Å². The van der Waals surface area contributed by atoms with E-state index in [2.05, 4.69) is 14.8 Å². The number of aliphatic carboxylic acids is 2. The molecule has 9 nitrogen and oxygen atoms in total. The SMILES string of the molecule is CC1=C(C(=O)OCC(=O)[O-])C(C)C(C(=O)OCC(=O)[O-])=CN1.[Na+].[Na+]. The number of carbonyl (C=O) groups excluding carboxylic acids is 4. The van der Waals surface area contributed by atoms with Crippen LogP contribution in [0.15, 0.2) is 23.0 Å². The first-order valence-electron chi connectivity index (χ1n) is 6.15. The molecule has 11 heteroatoms. The second-order valence-corrected chi connectivity index (χ2v) is 4.40. The van der Waals surface area contributed by atoms with E-state index in [0.717, 1.165) is 0 Å². The van der Waals surface area contributed by atoms with Crippen LogP contribution in [-0.4, -0.2) is 37.1 Å². The molecule has 0 aromatic heterocycles. The Bertz CT molecular complexity index is 585. The van der Waals surface area contributed by atoms with Crippen molar-refractivity contribution >= 4 is 23.9 Å². The van der Waals surface area contributed by atoms with Crippen molar-refractivity contribution in [3.8, 4) is 0 Å². The first-order valence-corrected chi connectivity index (χ1v) is 6.15. The Morgan fingerprint density at radius 1 is 1.04 bits per heavy atom. The van der Waals surface area contributed by atoms with Crippen LogP contribution in [0.25, 0.3) is 0 Å². The molecule has 0 spiro atoms. The molecule has 120 valence electrons. The van der Waals surface area contributed by atoms with Gasteiger partial charge in [-0.3, -0.25) is 0 Å². The van der Waals surface area contributed by atoms with Gasteiger partial charge in [0.15, 0.2) is 0 Å². The zero-order chi connectivity index (χ0) is 16.9. The normalized spacial score (nSPS) is 15.8. The summed E-state index contributed by atoms with van der Waals surface area (Å²) in [6.45, 7) is 1.19. The molecule has 0 aliphatic carbocycles. The Morgan fingerprint density at radius 3 is 1.96 bits per heavy atom. The summed E-state index contributed by atoms with van der Waals surface area (Å²) in [7, 11) is 0. The maximum absolute atomic E-state index is 11.9. The predicted molar refractivity (Wildman–Crippen MR) is 65.0 cm³/mol. The number of carboxylic acids is 2. The number of rotatable bonds is 6. The van der Waals surface area contributed by atoms with Gasteiger partial charge in [-0.15, -0.1) is 0 Å². The number of hydrogen-bond donors (Lipinski definition) is 1. The van der Waals surface area contributed by atoms with Gasteiger partial charge in [-0.1, -0.05) is 6.92 Å². The van der Waals surface area contributed by atoms with E-state index in [0.29, 0.717) is 5.70 Å². The molecule has 1 atom stereocenters. The quantitative estimate of drug-likeness (QED) is 0.362. The summed E-state index contributed by atoms with van der Waals surface area (Å²) in [6, 6.07) is 0. The molecule has 0 fully saturated rings. The number of carboxylic acid groups (broad SMARTS) is 2. The Kier molecular flexibility index (Phi) is 12.3.